The van der Waals surface area contributed by atoms with Gasteiger partial charge in [-0.15, -0.1) is 0 Å². The minimum atomic E-state index is 0.329. The lowest BCUT2D eigenvalue weighted by Gasteiger charge is -2.36. The molecule has 0 radical (unpaired) electrons. The minimum absolute atomic E-state index is 0.329. The van der Waals surface area contributed by atoms with Crippen LogP contribution in [0.25, 0.3) is 0 Å². The molecule has 0 aromatic carbocycles. The van der Waals surface area contributed by atoms with Crippen LogP contribution in [0.5, 0.6) is 0 Å². The van der Waals surface area contributed by atoms with Crippen molar-refractivity contribution < 1.29 is 4.79 Å². The van der Waals surface area contributed by atoms with Gasteiger partial charge in [-0.1, -0.05) is 12.2 Å². The lowest BCUT2D eigenvalue weighted by molar-refractivity contribution is -0.134. The highest BCUT2D eigenvalue weighted by atomic mass is 16.2. The Morgan fingerprint density at radius 1 is 1.46 bits per heavy atom. The third-order valence-corrected chi connectivity index (χ3v) is 2.77. The number of allylic oxidation sites excluding steroid dienone is 1. The van der Waals surface area contributed by atoms with Crippen LogP contribution in [0.2, 0.25) is 0 Å². The van der Waals surface area contributed by atoms with Crippen molar-refractivity contribution in [3.63, 3.8) is 0 Å². The Kier molecular flexibility index (Phi) is 2.64. The van der Waals surface area contributed by atoms with E-state index in [9.17, 15) is 4.79 Å². The molecule has 2 heterocycles. The molecular formula is C10H16N2O. The number of piperazine rings is 1. The van der Waals surface area contributed by atoms with Gasteiger partial charge in [-0.05, 0) is 12.8 Å². The van der Waals surface area contributed by atoms with Crippen LogP contribution in [0.15, 0.2) is 12.2 Å². The summed E-state index contributed by atoms with van der Waals surface area (Å²) >= 11 is 0. The first kappa shape index (κ1) is 8.75. The number of nitrogens with zero attached hydrogens (tertiary/aromatic N) is 1. The van der Waals surface area contributed by atoms with Crippen LogP contribution in [0.3, 0.4) is 0 Å². The molecule has 1 saturated heterocycles. The highest BCUT2D eigenvalue weighted by molar-refractivity contribution is 5.77. The Balaban J connectivity index is 2.09. The summed E-state index contributed by atoms with van der Waals surface area (Å²) in [5, 5.41) is 3.32. The Morgan fingerprint density at radius 3 is 3.31 bits per heavy atom. The van der Waals surface area contributed by atoms with E-state index in [0.29, 0.717) is 18.4 Å². The molecule has 0 bridgehead atoms. The number of amides is 1. The molecule has 3 nitrogen and oxygen atoms in total. The molecule has 0 saturated carbocycles. The molecule has 0 aromatic rings. The first-order valence-electron chi connectivity index (χ1n) is 5.03. The number of hydrogen-bond acceptors (Lipinski definition) is 2. The zero-order chi connectivity index (χ0) is 9.10. The molecule has 1 N–H and O–H groups in total. The third-order valence-electron chi connectivity index (χ3n) is 2.77. The fraction of sp³-hybridized carbons (Fsp3) is 0.700. The zero-order valence-corrected chi connectivity index (χ0v) is 7.83. The summed E-state index contributed by atoms with van der Waals surface area (Å²) in [6.07, 6.45) is 6.95. The molecule has 2 rings (SSSR count). The topological polar surface area (TPSA) is 32.3 Å². The van der Waals surface area contributed by atoms with Gasteiger partial charge in [0.2, 0.25) is 5.91 Å². The molecule has 3 heteroatoms. The van der Waals surface area contributed by atoms with Crippen LogP contribution >= 0.6 is 0 Å². The molecule has 0 aliphatic carbocycles. The van der Waals surface area contributed by atoms with Crippen LogP contribution in [0.1, 0.15) is 19.3 Å². The number of rotatable bonds is 0. The molecule has 0 aromatic heterocycles. The van der Waals surface area contributed by atoms with Gasteiger partial charge in [0.15, 0.2) is 0 Å². The fourth-order valence-corrected chi connectivity index (χ4v) is 2.02. The molecule has 1 unspecified atom stereocenters. The van der Waals surface area contributed by atoms with Gasteiger partial charge in [-0.2, -0.15) is 0 Å². The van der Waals surface area contributed by atoms with Crippen LogP contribution in [-0.2, 0) is 4.79 Å². The zero-order valence-electron chi connectivity index (χ0n) is 7.83. The van der Waals surface area contributed by atoms with Gasteiger partial charge < -0.3 is 10.2 Å². The SMILES string of the molecule is O=C1CCC=CCC2CNCCN12. The second kappa shape index (κ2) is 3.92. The van der Waals surface area contributed by atoms with Crippen molar-refractivity contribution in [2.45, 2.75) is 25.3 Å². The highest BCUT2D eigenvalue weighted by Gasteiger charge is 2.25. The average molecular weight is 180 g/mol. The molecule has 72 valence electrons. The summed E-state index contributed by atoms with van der Waals surface area (Å²) in [6, 6.07) is 0.401. The van der Waals surface area contributed by atoms with E-state index in [4.69, 9.17) is 0 Å². The third kappa shape index (κ3) is 1.91. The molecule has 1 amide bonds. The molecule has 0 spiro atoms. The Morgan fingerprint density at radius 2 is 2.38 bits per heavy atom. The van der Waals surface area contributed by atoms with Crippen LogP contribution in [-0.4, -0.2) is 36.5 Å². The maximum absolute atomic E-state index is 11.7. The predicted octanol–water partition coefficient (Wildman–Crippen LogP) is 0.527. The van der Waals surface area contributed by atoms with Crippen molar-refractivity contribution >= 4 is 5.91 Å². The van der Waals surface area contributed by atoms with E-state index in [2.05, 4.69) is 17.5 Å². The van der Waals surface area contributed by atoms with Crippen LogP contribution in [0, 0.1) is 0 Å². The monoisotopic (exact) mass is 180 g/mol. The van der Waals surface area contributed by atoms with Gasteiger partial charge in [0, 0.05) is 32.1 Å². The number of fused-ring (bicyclic) bond motifs is 1. The number of carbonyl (C=O) groups is 1. The average Bonchev–Trinajstić information content (AvgIpc) is 2.14. The van der Waals surface area contributed by atoms with Crippen molar-refractivity contribution in [1.82, 2.24) is 10.2 Å². The molecule has 13 heavy (non-hydrogen) atoms. The summed E-state index contributed by atoms with van der Waals surface area (Å²) in [7, 11) is 0. The van der Waals surface area contributed by atoms with Crippen LogP contribution in [0.4, 0.5) is 0 Å². The summed E-state index contributed by atoms with van der Waals surface area (Å²) in [6.45, 7) is 2.79. The van der Waals surface area contributed by atoms with Gasteiger partial charge in [0.1, 0.15) is 0 Å². The summed E-state index contributed by atoms with van der Waals surface area (Å²) < 4.78 is 0. The van der Waals surface area contributed by atoms with Crippen LogP contribution < -0.4 is 5.32 Å². The normalized spacial score (nSPS) is 29.4. The molecule has 2 aliphatic rings. The first-order chi connectivity index (χ1) is 6.38. The largest absolute Gasteiger partial charge is 0.337 e. The predicted molar refractivity (Wildman–Crippen MR) is 51.4 cm³/mol. The Hall–Kier alpha value is -0.830. The van der Waals surface area contributed by atoms with E-state index < -0.39 is 0 Å². The maximum atomic E-state index is 11.7. The van der Waals surface area contributed by atoms with Gasteiger partial charge >= 0.3 is 0 Å². The van der Waals surface area contributed by atoms with E-state index >= 15 is 0 Å². The van der Waals surface area contributed by atoms with Crippen molar-refractivity contribution in [3.8, 4) is 0 Å². The van der Waals surface area contributed by atoms with E-state index in [-0.39, 0.29) is 0 Å². The number of hydrogen-bond donors (Lipinski definition) is 1. The van der Waals surface area contributed by atoms with Crippen molar-refractivity contribution in [2.24, 2.45) is 0 Å². The second-order valence-electron chi connectivity index (χ2n) is 3.69. The standard InChI is InChI=1S/C10H16N2O/c13-10-5-3-1-2-4-9-8-11-6-7-12(9)10/h1-2,9,11H,3-8H2. The van der Waals surface area contributed by atoms with Crippen molar-refractivity contribution in [2.75, 3.05) is 19.6 Å². The van der Waals surface area contributed by atoms with Crippen molar-refractivity contribution in [1.29, 1.82) is 0 Å². The highest BCUT2D eigenvalue weighted by Crippen LogP contribution is 2.14. The van der Waals surface area contributed by atoms with E-state index in [1.54, 1.807) is 0 Å². The first-order valence-corrected chi connectivity index (χ1v) is 5.03. The number of carbonyl (C=O) groups excluding carboxylic acids is 1. The lowest BCUT2D eigenvalue weighted by Crippen LogP contribution is -2.53. The van der Waals surface area contributed by atoms with Crippen molar-refractivity contribution in [3.05, 3.63) is 12.2 Å². The number of nitrogens with one attached hydrogen (secondary N) is 1. The summed E-state index contributed by atoms with van der Waals surface area (Å²) in [5.74, 6) is 0.329. The molecule has 1 atom stereocenters. The Labute approximate surface area is 78.8 Å². The van der Waals surface area contributed by atoms with Gasteiger partial charge in [0.05, 0.1) is 0 Å². The molecule has 1 fully saturated rings. The summed E-state index contributed by atoms with van der Waals surface area (Å²) in [5.41, 5.74) is 0. The minimum Gasteiger partial charge on any atom is -0.337 e. The lowest BCUT2D eigenvalue weighted by atomic mass is 10.1. The maximum Gasteiger partial charge on any atom is 0.223 e. The second-order valence-corrected chi connectivity index (χ2v) is 3.69. The molecule has 2 aliphatic heterocycles. The summed E-state index contributed by atoms with van der Waals surface area (Å²) in [4.78, 5) is 13.7. The van der Waals surface area contributed by atoms with Gasteiger partial charge in [-0.3, -0.25) is 4.79 Å². The van der Waals surface area contributed by atoms with Gasteiger partial charge in [0.25, 0.3) is 0 Å². The quantitative estimate of drug-likeness (QED) is 0.551. The van der Waals surface area contributed by atoms with E-state index in [1.165, 1.54) is 0 Å². The van der Waals surface area contributed by atoms with E-state index in [0.717, 1.165) is 32.5 Å². The smallest absolute Gasteiger partial charge is 0.223 e. The molecular weight excluding hydrogens is 164 g/mol. The fourth-order valence-electron chi connectivity index (χ4n) is 2.02. The van der Waals surface area contributed by atoms with E-state index in [1.807, 2.05) is 4.90 Å². The Bertz CT molecular complexity index is 225. The van der Waals surface area contributed by atoms with Gasteiger partial charge in [-0.25, -0.2) is 0 Å².